The van der Waals surface area contributed by atoms with Crippen LogP contribution in [0.4, 0.5) is 0 Å². The number of rotatable bonds is 1. The molecule has 0 N–H and O–H groups in total. The van der Waals surface area contributed by atoms with Crippen LogP contribution in [0.5, 0.6) is 0 Å². The second-order valence-corrected chi connectivity index (χ2v) is 4.75. The van der Waals surface area contributed by atoms with Gasteiger partial charge >= 0.3 is 0 Å². The molecule has 0 aromatic carbocycles. The first kappa shape index (κ1) is 8.45. The summed E-state index contributed by atoms with van der Waals surface area (Å²) in [6.07, 6.45) is 0.377. The third-order valence-corrected chi connectivity index (χ3v) is 2.66. The van der Waals surface area contributed by atoms with Crippen LogP contribution in [-0.4, -0.2) is 43.4 Å². The molecule has 1 heterocycles. The van der Waals surface area contributed by atoms with E-state index in [-0.39, 0.29) is 5.16 Å². The third-order valence-electron chi connectivity index (χ3n) is 2.11. The number of hydrogen-bond donors (Lipinski definition) is 0. The zero-order chi connectivity index (χ0) is 7.78. The summed E-state index contributed by atoms with van der Waals surface area (Å²) in [5, 5.41) is 0.253. The highest BCUT2D eigenvalue weighted by Crippen LogP contribution is 2.30. The first-order valence-electron chi connectivity index (χ1n) is 3.56. The van der Waals surface area contributed by atoms with E-state index in [1.54, 1.807) is 7.11 Å². The summed E-state index contributed by atoms with van der Waals surface area (Å²) in [7, 11) is 6.78. The number of methoxy groups -OCH3 is 1. The molecule has 60 valence electrons. The third kappa shape index (κ3) is 1.50. The number of likely N-dealkylation sites (tertiary alicyclic amines) is 1. The van der Waals surface area contributed by atoms with Crippen molar-refractivity contribution in [2.45, 2.75) is 18.2 Å². The van der Waals surface area contributed by atoms with Crippen LogP contribution in [0.15, 0.2) is 0 Å². The van der Waals surface area contributed by atoms with Gasteiger partial charge in [0.25, 0.3) is 0 Å². The summed E-state index contributed by atoms with van der Waals surface area (Å²) < 4.78 is 5.33. The van der Waals surface area contributed by atoms with E-state index in [0.29, 0.717) is 6.10 Å². The molecule has 3 unspecified atom stereocenters. The van der Waals surface area contributed by atoms with Gasteiger partial charge < -0.3 is 9.64 Å². The standard InChI is InChI=1S/C7H16NOP/c1-7(10)5-8(2)4-6(7)9-3/h6H,4-5,10H2,1-3H3. The van der Waals surface area contributed by atoms with Gasteiger partial charge in [0.2, 0.25) is 0 Å². The van der Waals surface area contributed by atoms with Gasteiger partial charge in [0.15, 0.2) is 0 Å². The maximum Gasteiger partial charge on any atom is 0.0797 e. The highest BCUT2D eigenvalue weighted by Gasteiger charge is 2.37. The Kier molecular flexibility index (Phi) is 2.34. The lowest BCUT2D eigenvalue weighted by Gasteiger charge is -2.23. The number of hydrogen-bond acceptors (Lipinski definition) is 2. The average molecular weight is 161 g/mol. The molecule has 0 aromatic heterocycles. The molecule has 0 aromatic rings. The van der Waals surface area contributed by atoms with E-state index in [4.69, 9.17) is 4.74 Å². The van der Waals surface area contributed by atoms with Crippen molar-refractivity contribution in [3.05, 3.63) is 0 Å². The summed E-state index contributed by atoms with van der Waals surface area (Å²) in [6, 6.07) is 0. The van der Waals surface area contributed by atoms with Crippen LogP contribution < -0.4 is 0 Å². The van der Waals surface area contributed by atoms with Gasteiger partial charge in [-0.15, -0.1) is 9.24 Å². The van der Waals surface area contributed by atoms with E-state index in [1.807, 2.05) is 0 Å². The van der Waals surface area contributed by atoms with Crippen molar-refractivity contribution in [1.29, 1.82) is 0 Å². The Bertz CT molecular complexity index is 127. The molecule has 1 rings (SSSR count). The van der Waals surface area contributed by atoms with Crippen LogP contribution in [0, 0.1) is 0 Å². The quantitative estimate of drug-likeness (QED) is 0.522. The molecule has 3 atom stereocenters. The Morgan fingerprint density at radius 2 is 2.30 bits per heavy atom. The fraction of sp³-hybridized carbons (Fsp3) is 1.00. The van der Waals surface area contributed by atoms with Crippen molar-refractivity contribution >= 4 is 9.24 Å². The molecular formula is C7H16NOP. The van der Waals surface area contributed by atoms with E-state index in [1.165, 1.54) is 0 Å². The van der Waals surface area contributed by atoms with Crippen molar-refractivity contribution in [1.82, 2.24) is 4.90 Å². The first-order valence-corrected chi connectivity index (χ1v) is 4.14. The van der Waals surface area contributed by atoms with Crippen molar-refractivity contribution in [2.75, 3.05) is 27.2 Å². The molecule has 0 bridgehead atoms. The Hall–Kier alpha value is 0.350. The van der Waals surface area contributed by atoms with Crippen LogP contribution in [0.3, 0.4) is 0 Å². The van der Waals surface area contributed by atoms with Crippen LogP contribution in [0.25, 0.3) is 0 Å². The molecule has 1 fully saturated rings. The Morgan fingerprint density at radius 1 is 1.70 bits per heavy atom. The molecule has 2 nitrogen and oxygen atoms in total. The fourth-order valence-electron chi connectivity index (χ4n) is 1.58. The smallest absolute Gasteiger partial charge is 0.0797 e. The largest absolute Gasteiger partial charge is 0.379 e. The SMILES string of the molecule is COC1CN(C)CC1(C)P. The van der Waals surface area contributed by atoms with Gasteiger partial charge in [-0.05, 0) is 7.05 Å². The molecule has 3 heteroatoms. The molecule has 10 heavy (non-hydrogen) atoms. The fourth-order valence-corrected chi connectivity index (χ4v) is 2.14. The van der Waals surface area contributed by atoms with Gasteiger partial charge in [-0.2, -0.15) is 0 Å². The molecule has 0 saturated carbocycles. The van der Waals surface area contributed by atoms with Gasteiger partial charge in [0, 0.05) is 25.4 Å². The topological polar surface area (TPSA) is 12.5 Å². The lowest BCUT2D eigenvalue weighted by atomic mass is 10.1. The predicted molar refractivity (Wildman–Crippen MR) is 46.4 cm³/mol. The van der Waals surface area contributed by atoms with Crippen LogP contribution in [0.1, 0.15) is 6.92 Å². The minimum atomic E-state index is 0.253. The van der Waals surface area contributed by atoms with Gasteiger partial charge in [0.05, 0.1) is 6.10 Å². The van der Waals surface area contributed by atoms with Crippen LogP contribution in [0.2, 0.25) is 0 Å². The average Bonchev–Trinajstić information content (AvgIpc) is 2.04. The highest BCUT2D eigenvalue weighted by atomic mass is 31.0. The lowest BCUT2D eigenvalue weighted by molar-refractivity contribution is 0.0950. The maximum atomic E-state index is 5.33. The van der Waals surface area contributed by atoms with Crippen LogP contribution in [-0.2, 0) is 4.74 Å². The zero-order valence-electron chi connectivity index (χ0n) is 6.92. The number of likely N-dealkylation sites (N-methyl/N-ethyl adjacent to an activating group) is 1. The Morgan fingerprint density at radius 3 is 2.50 bits per heavy atom. The van der Waals surface area contributed by atoms with E-state index in [0.717, 1.165) is 13.1 Å². The van der Waals surface area contributed by atoms with E-state index in [2.05, 4.69) is 28.1 Å². The van der Waals surface area contributed by atoms with Crippen molar-refractivity contribution in [3.63, 3.8) is 0 Å². The van der Waals surface area contributed by atoms with E-state index >= 15 is 0 Å². The Balaban J connectivity index is 2.58. The summed E-state index contributed by atoms with van der Waals surface area (Å²) in [5.41, 5.74) is 0. The molecule has 0 amide bonds. The highest BCUT2D eigenvalue weighted by molar-refractivity contribution is 7.19. The molecule has 1 saturated heterocycles. The van der Waals surface area contributed by atoms with Gasteiger partial charge in [0.1, 0.15) is 0 Å². The second-order valence-electron chi connectivity index (χ2n) is 3.43. The Labute approximate surface area is 65.1 Å². The van der Waals surface area contributed by atoms with Crippen LogP contribution >= 0.6 is 9.24 Å². The van der Waals surface area contributed by atoms with E-state index in [9.17, 15) is 0 Å². The van der Waals surface area contributed by atoms with Crippen molar-refractivity contribution in [3.8, 4) is 0 Å². The summed E-state index contributed by atoms with van der Waals surface area (Å²) in [4.78, 5) is 2.29. The monoisotopic (exact) mass is 161 g/mol. The summed E-state index contributed by atoms with van der Waals surface area (Å²) >= 11 is 0. The van der Waals surface area contributed by atoms with Gasteiger partial charge in [-0.25, -0.2) is 0 Å². The van der Waals surface area contributed by atoms with Crippen molar-refractivity contribution < 1.29 is 4.74 Å². The van der Waals surface area contributed by atoms with E-state index < -0.39 is 0 Å². The maximum absolute atomic E-state index is 5.33. The zero-order valence-corrected chi connectivity index (χ0v) is 8.08. The molecular weight excluding hydrogens is 145 g/mol. The van der Waals surface area contributed by atoms with Crippen molar-refractivity contribution in [2.24, 2.45) is 0 Å². The summed E-state index contributed by atoms with van der Waals surface area (Å²) in [5.74, 6) is 0. The van der Waals surface area contributed by atoms with Gasteiger partial charge in [-0.1, -0.05) is 6.92 Å². The minimum Gasteiger partial charge on any atom is -0.379 e. The molecule has 1 aliphatic rings. The summed E-state index contributed by atoms with van der Waals surface area (Å²) in [6.45, 7) is 4.38. The second kappa shape index (κ2) is 2.77. The molecule has 1 aliphatic heterocycles. The normalized spacial score (nSPS) is 42.6. The molecule has 0 aliphatic carbocycles. The minimum absolute atomic E-state index is 0.253. The molecule has 0 spiro atoms. The predicted octanol–water partition coefficient (Wildman–Crippen LogP) is 0.581. The lowest BCUT2D eigenvalue weighted by Crippen LogP contribution is -2.32. The number of ether oxygens (including phenoxy) is 1. The van der Waals surface area contributed by atoms with Gasteiger partial charge in [-0.3, -0.25) is 0 Å². The number of nitrogens with zero attached hydrogens (tertiary/aromatic N) is 1. The molecule has 0 radical (unpaired) electrons. The first-order chi connectivity index (χ1) is 4.56.